The fraction of sp³-hybridized carbons (Fsp3) is 0.194. The summed E-state index contributed by atoms with van der Waals surface area (Å²) in [4.78, 5) is 7.05. The van der Waals surface area contributed by atoms with Gasteiger partial charge >= 0.3 is 6.18 Å². The smallest absolute Gasteiger partial charge is 0.369 e. The molecule has 11 heteroatoms. The van der Waals surface area contributed by atoms with Gasteiger partial charge in [0.1, 0.15) is 6.07 Å². The molecule has 0 bridgehead atoms. The summed E-state index contributed by atoms with van der Waals surface area (Å²) in [6, 6.07) is 22.7. The van der Waals surface area contributed by atoms with E-state index >= 15 is 0 Å². The molecular weight excluding hydrogens is 584 g/mol. The molecule has 1 fully saturated rings. The summed E-state index contributed by atoms with van der Waals surface area (Å²) in [6.07, 6.45) is -4.45. The molecule has 6 nitrogen and oxygen atoms in total. The quantitative estimate of drug-likeness (QED) is 0.203. The van der Waals surface area contributed by atoms with E-state index in [2.05, 4.69) is 26.5 Å². The highest BCUT2D eigenvalue weighted by Gasteiger charge is 2.30. The van der Waals surface area contributed by atoms with Gasteiger partial charge in [-0.15, -0.1) is 24.0 Å². The van der Waals surface area contributed by atoms with Gasteiger partial charge in [-0.25, -0.2) is 4.98 Å². The Labute approximate surface area is 251 Å². The van der Waals surface area contributed by atoms with Crippen molar-refractivity contribution in [1.82, 2.24) is 20.5 Å². The highest BCUT2D eigenvalue weighted by Crippen LogP contribution is 2.41. The number of pyridine rings is 1. The molecule has 5 aromatic rings. The van der Waals surface area contributed by atoms with E-state index in [0.29, 0.717) is 45.0 Å². The number of rotatable bonds is 5. The molecule has 0 radical (unpaired) electrons. The van der Waals surface area contributed by atoms with Gasteiger partial charge in [0, 0.05) is 54.4 Å². The number of nitrogens with zero attached hydrogens (tertiary/aromatic N) is 4. The zero-order chi connectivity index (χ0) is 28.6. The Hall–Kier alpha value is -4.10. The van der Waals surface area contributed by atoms with Crippen molar-refractivity contribution >= 4 is 40.7 Å². The van der Waals surface area contributed by atoms with Crippen LogP contribution in [-0.2, 0) is 12.1 Å². The minimum absolute atomic E-state index is 0. The molecule has 0 unspecified atom stereocenters. The number of halogens is 5. The van der Waals surface area contributed by atoms with Crippen molar-refractivity contribution in [3.63, 3.8) is 0 Å². The molecule has 0 aliphatic carbocycles. The van der Waals surface area contributed by atoms with Crippen LogP contribution in [0.15, 0.2) is 72.8 Å². The minimum atomic E-state index is -4.45. The van der Waals surface area contributed by atoms with Crippen LogP contribution in [0.4, 0.5) is 18.9 Å². The van der Waals surface area contributed by atoms with E-state index in [9.17, 15) is 18.4 Å². The second kappa shape index (κ2) is 12.0. The second-order valence-electron chi connectivity index (χ2n) is 9.81. The van der Waals surface area contributed by atoms with E-state index in [-0.39, 0.29) is 12.4 Å². The lowest BCUT2D eigenvalue weighted by molar-refractivity contribution is -0.137. The first-order valence-electron chi connectivity index (χ1n) is 13.1. The Bertz CT molecular complexity index is 1740. The molecule has 6 rings (SSSR count). The summed E-state index contributed by atoms with van der Waals surface area (Å²) >= 11 is 5.98. The number of nitrogens with one attached hydrogen (secondary N) is 2. The topological polar surface area (TPSA) is 80.6 Å². The molecule has 2 aromatic heterocycles. The molecule has 3 aromatic carbocycles. The van der Waals surface area contributed by atoms with Crippen molar-refractivity contribution in [3.8, 4) is 39.7 Å². The number of nitriles is 1. The van der Waals surface area contributed by atoms with Crippen LogP contribution in [-0.4, -0.2) is 41.4 Å². The van der Waals surface area contributed by atoms with Crippen LogP contribution in [0.3, 0.4) is 0 Å². The second-order valence-corrected chi connectivity index (χ2v) is 10.1. The van der Waals surface area contributed by atoms with Crippen molar-refractivity contribution in [2.24, 2.45) is 0 Å². The van der Waals surface area contributed by atoms with Crippen molar-refractivity contribution in [3.05, 3.63) is 89.5 Å². The van der Waals surface area contributed by atoms with Gasteiger partial charge in [-0.2, -0.15) is 23.5 Å². The summed E-state index contributed by atoms with van der Waals surface area (Å²) in [5.74, 6) is 0.360. The number of anilines is 1. The average molecular weight is 609 g/mol. The van der Waals surface area contributed by atoms with E-state index in [0.717, 1.165) is 60.7 Å². The predicted molar refractivity (Wildman–Crippen MR) is 162 cm³/mol. The summed E-state index contributed by atoms with van der Waals surface area (Å²) in [7, 11) is 0. The Kier molecular flexibility index (Phi) is 8.41. The number of aromatic amines is 1. The number of piperazine rings is 1. The zero-order valence-electron chi connectivity index (χ0n) is 22.2. The van der Waals surface area contributed by atoms with Crippen LogP contribution in [0.5, 0.6) is 0 Å². The maximum absolute atomic E-state index is 13.2. The third-order valence-electron chi connectivity index (χ3n) is 7.33. The van der Waals surface area contributed by atoms with Crippen molar-refractivity contribution < 1.29 is 13.2 Å². The fourth-order valence-electron chi connectivity index (χ4n) is 5.21. The maximum atomic E-state index is 13.2. The molecule has 0 amide bonds. The number of fused-ring (bicyclic) bond motifs is 1. The molecule has 1 aliphatic heterocycles. The first kappa shape index (κ1) is 29.4. The summed E-state index contributed by atoms with van der Waals surface area (Å²) in [5.41, 5.74) is 5.55. The van der Waals surface area contributed by atoms with Gasteiger partial charge in [-0.3, -0.25) is 5.10 Å². The minimum Gasteiger partial charge on any atom is -0.369 e. The Morgan fingerprint density at radius 2 is 1.50 bits per heavy atom. The zero-order valence-corrected chi connectivity index (χ0v) is 23.7. The highest BCUT2D eigenvalue weighted by atomic mass is 35.5. The molecule has 1 aliphatic rings. The summed E-state index contributed by atoms with van der Waals surface area (Å²) in [5, 5.41) is 21.8. The van der Waals surface area contributed by atoms with E-state index in [1.807, 2.05) is 48.5 Å². The molecule has 3 heterocycles. The van der Waals surface area contributed by atoms with Crippen molar-refractivity contribution in [1.29, 1.82) is 5.26 Å². The van der Waals surface area contributed by atoms with E-state index in [1.165, 1.54) is 12.1 Å². The normalized spacial score (nSPS) is 13.5. The number of H-pyrrole nitrogens is 1. The SMILES string of the molecule is Cl.N#Cc1c(-c2ccc(CCl)cc2)nc2n[nH]c(-c3ccc(C(F)(F)F)cc3)c2c1-c1ccc(N2CCNCC2)cc1. The monoisotopic (exact) mass is 608 g/mol. The maximum Gasteiger partial charge on any atom is 0.416 e. The van der Waals surface area contributed by atoms with Gasteiger partial charge in [-0.1, -0.05) is 48.5 Å². The lowest BCUT2D eigenvalue weighted by Gasteiger charge is -2.29. The van der Waals surface area contributed by atoms with Gasteiger partial charge in [0.2, 0.25) is 0 Å². The molecule has 0 spiro atoms. The lowest BCUT2D eigenvalue weighted by Crippen LogP contribution is -2.43. The van der Waals surface area contributed by atoms with Crippen LogP contribution < -0.4 is 10.2 Å². The molecule has 2 N–H and O–H groups in total. The molecule has 1 saturated heterocycles. The molecule has 0 saturated carbocycles. The highest BCUT2D eigenvalue weighted by molar-refractivity contribution is 6.17. The summed E-state index contributed by atoms with van der Waals surface area (Å²) in [6.45, 7) is 3.60. The fourth-order valence-corrected chi connectivity index (χ4v) is 5.39. The van der Waals surface area contributed by atoms with Crippen LogP contribution in [0.2, 0.25) is 0 Å². The van der Waals surface area contributed by atoms with Gasteiger partial charge in [0.25, 0.3) is 0 Å². The Morgan fingerprint density at radius 3 is 2.10 bits per heavy atom. The molecule has 42 heavy (non-hydrogen) atoms. The van der Waals surface area contributed by atoms with Gasteiger partial charge in [0.15, 0.2) is 5.65 Å². The summed E-state index contributed by atoms with van der Waals surface area (Å²) < 4.78 is 39.7. The standard InChI is InChI=1S/C31H24ClF3N6.ClH/c32-17-19-1-3-21(4-2-19)28-25(18-36)26(20-7-11-24(12-8-20)41-15-13-37-14-16-41)27-29(39-40-30(27)38-28)22-5-9-23(10-6-22)31(33,34)35;/h1-12,37H,13-17H2,(H,38,39,40);1H. The lowest BCUT2D eigenvalue weighted by atomic mass is 9.91. The number of aromatic nitrogens is 3. The number of benzene rings is 3. The first-order chi connectivity index (χ1) is 19.9. The van der Waals surface area contributed by atoms with Gasteiger partial charge in [0.05, 0.1) is 27.9 Å². The number of hydrogen-bond donors (Lipinski definition) is 2. The molecular formula is C31H25Cl2F3N6. The first-order valence-corrected chi connectivity index (χ1v) is 13.6. The van der Waals surface area contributed by atoms with Crippen LogP contribution >= 0.6 is 24.0 Å². The Balaban J connectivity index is 0.00000353. The third kappa shape index (κ3) is 5.53. The van der Waals surface area contributed by atoms with Crippen LogP contribution in [0.25, 0.3) is 44.7 Å². The number of hydrogen-bond acceptors (Lipinski definition) is 5. The Morgan fingerprint density at radius 1 is 0.881 bits per heavy atom. The third-order valence-corrected chi connectivity index (χ3v) is 7.64. The predicted octanol–water partition coefficient (Wildman–Crippen LogP) is 7.42. The molecule has 0 atom stereocenters. The number of alkyl halides is 4. The van der Waals surface area contributed by atoms with Gasteiger partial charge < -0.3 is 10.2 Å². The largest absolute Gasteiger partial charge is 0.416 e. The average Bonchev–Trinajstić information content (AvgIpc) is 3.44. The van der Waals surface area contributed by atoms with E-state index in [1.54, 1.807) is 0 Å². The van der Waals surface area contributed by atoms with Gasteiger partial charge in [-0.05, 0) is 35.4 Å². The van der Waals surface area contributed by atoms with E-state index in [4.69, 9.17) is 16.6 Å². The molecule has 214 valence electrons. The van der Waals surface area contributed by atoms with Crippen LogP contribution in [0, 0.1) is 11.3 Å². The van der Waals surface area contributed by atoms with Crippen molar-refractivity contribution in [2.75, 3.05) is 31.1 Å². The van der Waals surface area contributed by atoms with Crippen LogP contribution in [0.1, 0.15) is 16.7 Å². The van der Waals surface area contributed by atoms with Crippen molar-refractivity contribution in [2.45, 2.75) is 12.1 Å². The van der Waals surface area contributed by atoms with E-state index < -0.39 is 11.7 Å².